The molecule has 0 saturated carbocycles. The van der Waals surface area contributed by atoms with E-state index in [1.165, 1.54) is 0 Å². The highest BCUT2D eigenvalue weighted by Crippen LogP contribution is 2.19. The summed E-state index contributed by atoms with van der Waals surface area (Å²) in [5.74, 6) is 1.97. The van der Waals surface area contributed by atoms with Crippen LogP contribution in [0.2, 0.25) is 0 Å². The van der Waals surface area contributed by atoms with Gasteiger partial charge in [-0.05, 0) is 30.2 Å². The summed E-state index contributed by atoms with van der Waals surface area (Å²) in [5, 5.41) is 0. The van der Waals surface area contributed by atoms with E-state index in [0.717, 1.165) is 17.2 Å². The van der Waals surface area contributed by atoms with Gasteiger partial charge in [0, 0.05) is 12.7 Å². The Balaban J connectivity index is 1.83. The molecule has 21 heavy (non-hydrogen) atoms. The van der Waals surface area contributed by atoms with E-state index in [-0.39, 0.29) is 12.8 Å². The summed E-state index contributed by atoms with van der Waals surface area (Å²) in [7, 11) is 1.64. The molecule has 0 radical (unpaired) electrons. The zero-order valence-electron chi connectivity index (χ0n) is 12.9. The zero-order valence-corrected chi connectivity index (χ0v) is 12.9. The molecule has 0 spiro atoms. The molecular formula is C16H23NO4. The van der Waals surface area contributed by atoms with Crippen molar-refractivity contribution in [1.29, 1.82) is 0 Å². The van der Waals surface area contributed by atoms with Crippen LogP contribution in [0.3, 0.4) is 0 Å². The van der Waals surface area contributed by atoms with Gasteiger partial charge in [0.2, 0.25) is 5.90 Å². The minimum atomic E-state index is 0.218. The van der Waals surface area contributed by atoms with Gasteiger partial charge in [-0.3, -0.25) is 0 Å². The van der Waals surface area contributed by atoms with E-state index in [9.17, 15) is 0 Å². The van der Waals surface area contributed by atoms with E-state index in [1.807, 2.05) is 24.3 Å². The number of methoxy groups -OCH3 is 1. The number of rotatable bonds is 8. The molecule has 0 aliphatic carbocycles. The third kappa shape index (κ3) is 4.72. The van der Waals surface area contributed by atoms with Gasteiger partial charge in [-0.25, -0.2) is 4.99 Å². The molecule has 5 nitrogen and oxygen atoms in total. The first-order valence-electron chi connectivity index (χ1n) is 7.21. The Morgan fingerprint density at radius 3 is 2.62 bits per heavy atom. The molecule has 0 fully saturated rings. The summed E-state index contributed by atoms with van der Waals surface area (Å²) in [6.45, 7) is 6.28. The molecule has 0 bridgehead atoms. The molecule has 5 heteroatoms. The summed E-state index contributed by atoms with van der Waals surface area (Å²) in [6.07, 6.45) is 0. The lowest BCUT2D eigenvalue weighted by molar-refractivity contribution is -0.00847. The number of aliphatic imine (C=N–C) groups is 1. The van der Waals surface area contributed by atoms with Gasteiger partial charge in [0.25, 0.3) is 0 Å². The Kier molecular flexibility index (Phi) is 6.02. The maximum absolute atomic E-state index is 5.65. The highest BCUT2D eigenvalue weighted by Gasteiger charge is 2.22. The van der Waals surface area contributed by atoms with E-state index in [4.69, 9.17) is 18.9 Å². The first-order valence-corrected chi connectivity index (χ1v) is 7.21. The molecule has 1 atom stereocenters. The van der Waals surface area contributed by atoms with E-state index in [1.54, 1.807) is 7.11 Å². The van der Waals surface area contributed by atoms with Gasteiger partial charge >= 0.3 is 0 Å². The van der Waals surface area contributed by atoms with Gasteiger partial charge in [-0.15, -0.1) is 0 Å². The maximum Gasteiger partial charge on any atom is 0.216 e. The molecular weight excluding hydrogens is 270 g/mol. The number of hydrogen-bond donors (Lipinski definition) is 0. The van der Waals surface area contributed by atoms with Gasteiger partial charge in [0.1, 0.15) is 12.4 Å². The van der Waals surface area contributed by atoms with Crippen LogP contribution >= 0.6 is 0 Å². The predicted octanol–water partition coefficient (Wildman–Crippen LogP) is 2.49. The van der Waals surface area contributed by atoms with E-state index < -0.39 is 0 Å². The van der Waals surface area contributed by atoms with Crippen molar-refractivity contribution < 1.29 is 18.9 Å². The van der Waals surface area contributed by atoms with Crippen LogP contribution in [0.4, 0.5) is 0 Å². The van der Waals surface area contributed by atoms with Gasteiger partial charge in [0.15, 0.2) is 6.79 Å². The molecule has 0 N–H and O–H groups in total. The van der Waals surface area contributed by atoms with Crippen molar-refractivity contribution >= 4 is 5.90 Å². The molecule has 0 aromatic heterocycles. The maximum atomic E-state index is 5.65. The quantitative estimate of drug-likeness (QED) is 0.546. The fraction of sp³-hybridized carbons (Fsp3) is 0.562. The summed E-state index contributed by atoms with van der Waals surface area (Å²) in [4.78, 5) is 4.60. The average Bonchev–Trinajstić information content (AvgIpc) is 2.98. The fourth-order valence-corrected chi connectivity index (χ4v) is 1.89. The average molecular weight is 293 g/mol. The van der Waals surface area contributed by atoms with Crippen LogP contribution in [0, 0.1) is 5.92 Å². The summed E-state index contributed by atoms with van der Waals surface area (Å²) in [6, 6.07) is 7.94. The SMILES string of the molecule is COCCOCOc1ccc(C2=NC(C(C)C)CO2)cc1. The second-order valence-corrected chi connectivity index (χ2v) is 5.24. The lowest BCUT2D eigenvalue weighted by Crippen LogP contribution is -2.13. The van der Waals surface area contributed by atoms with E-state index >= 15 is 0 Å². The number of hydrogen-bond acceptors (Lipinski definition) is 5. The van der Waals surface area contributed by atoms with Crippen LogP contribution in [-0.2, 0) is 14.2 Å². The molecule has 1 unspecified atom stereocenters. The Morgan fingerprint density at radius 1 is 1.24 bits per heavy atom. The molecule has 1 aromatic carbocycles. The lowest BCUT2D eigenvalue weighted by atomic mass is 10.1. The molecule has 2 rings (SSSR count). The van der Waals surface area contributed by atoms with Crippen LogP contribution in [0.5, 0.6) is 5.75 Å². The monoisotopic (exact) mass is 293 g/mol. The normalized spacial score (nSPS) is 17.7. The Labute approximate surface area is 125 Å². The van der Waals surface area contributed by atoms with Gasteiger partial charge < -0.3 is 18.9 Å². The van der Waals surface area contributed by atoms with Crippen molar-refractivity contribution in [1.82, 2.24) is 0 Å². The third-order valence-corrected chi connectivity index (χ3v) is 3.29. The summed E-state index contributed by atoms with van der Waals surface area (Å²) >= 11 is 0. The van der Waals surface area contributed by atoms with Crippen LogP contribution in [0.1, 0.15) is 19.4 Å². The van der Waals surface area contributed by atoms with E-state index in [2.05, 4.69) is 18.8 Å². The van der Waals surface area contributed by atoms with Crippen LogP contribution in [0.15, 0.2) is 29.3 Å². The Morgan fingerprint density at radius 2 is 2.00 bits per heavy atom. The number of ether oxygens (including phenoxy) is 4. The predicted molar refractivity (Wildman–Crippen MR) is 80.9 cm³/mol. The van der Waals surface area contributed by atoms with Crippen LogP contribution < -0.4 is 4.74 Å². The van der Waals surface area contributed by atoms with Crippen LogP contribution in [0.25, 0.3) is 0 Å². The standard InChI is InChI=1S/C16H23NO4/c1-12(2)15-10-20-16(17-15)13-4-6-14(7-5-13)21-11-19-9-8-18-3/h4-7,12,15H,8-11H2,1-3H3. The first kappa shape index (κ1) is 15.8. The zero-order chi connectivity index (χ0) is 15.1. The fourth-order valence-electron chi connectivity index (χ4n) is 1.89. The molecule has 0 saturated heterocycles. The van der Waals surface area contributed by atoms with Crippen molar-refractivity contribution in [2.75, 3.05) is 33.7 Å². The minimum absolute atomic E-state index is 0.218. The van der Waals surface area contributed by atoms with Crippen molar-refractivity contribution in [3.05, 3.63) is 29.8 Å². The van der Waals surface area contributed by atoms with Crippen molar-refractivity contribution in [3.63, 3.8) is 0 Å². The van der Waals surface area contributed by atoms with Crippen molar-refractivity contribution in [3.8, 4) is 5.75 Å². The number of nitrogens with zero attached hydrogens (tertiary/aromatic N) is 1. The molecule has 1 heterocycles. The Hall–Kier alpha value is -1.59. The molecule has 1 aromatic rings. The van der Waals surface area contributed by atoms with Gasteiger partial charge in [0.05, 0.1) is 19.3 Å². The van der Waals surface area contributed by atoms with Crippen molar-refractivity contribution in [2.45, 2.75) is 19.9 Å². The first-order chi connectivity index (χ1) is 10.2. The molecule has 1 aliphatic heterocycles. The second kappa shape index (κ2) is 8.00. The highest BCUT2D eigenvalue weighted by atomic mass is 16.7. The highest BCUT2D eigenvalue weighted by molar-refractivity contribution is 5.95. The van der Waals surface area contributed by atoms with Gasteiger partial charge in [-0.2, -0.15) is 0 Å². The topological polar surface area (TPSA) is 49.3 Å². The van der Waals surface area contributed by atoms with Gasteiger partial charge in [-0.1, -0.05) is 13.8 Å². The largest absolute Gasteiger partial charge is 0.475 e. The molecule has 0 amide bonds. The number of benzene rings is 1. The summed E-state index contributed by atoms with van der Waals surface area (Å²) in [5.41, 5.74) is 0.978. The van der Waals surface area contributed by atoms with Crippen molar-refractivity contribution in [2.24, 2.45) is 10.9 Å². The molecule has 116 valence electrons. The molecule has 1 aliphatic rings. The second-order valence-electron chi connectivity index (χ2n) is 5.24. The smallest absolute Gasteiger partial charge is 0.216 e. The summed E-state index contributed by atoms with van der Waals surface area (Å²) < 4.78 is 21.3. The minimum Gasteiger partial charge on any atom is -0.475 e. The lowest BCUT2D eigenvalue weighted by Gasteiger charge is -2.07. The van der Waals surface area contributed by atoms with E-state index in [0.29, 0.717) is 25.7 Å². The third-order valence-electron chi connectivity index (χ3n) is 3.29. The Bertz CT molecular complexity index is 456. The van der Waals surface area contributed by atoms with Crippen LogP contribution in [-0.4, -0.2) is 45.7 Å².